The molecule has 1 atom stereocenters. The van der Waals surface area contributed by atoms with Gasteiger partial charge in [-0.05, 0) is 17.5 Å². The summed E-state index contributed by atoms with van der Waals surface area (Å²) in [5, 5.41) is 3.21. The maximum absolute atomic E-state index is 12.7. The van der Waals surface area contributed by atoms with E-state index in [2.05, 4.69) is 34.1 Å². The molecule has 0 spiro atoms. The predicted octanol–water partition coefficient (Wildman–Crippen LogP) is 0.856. The third-order valence-corrected chi connectivity index (χ3v) is 5.99. The van der Waals surface area contributed by atoms with Crippen molar-refractivity contribution in [1.29, 1.82) is 0 Å². The second-order valence-electron chi connectivity index (χ2n) is 6.60. The number of benzene rings is 1. The zero-order valence-electron chi connectivity index (χ0n) is 16.0. The SMILES string of the molecule is CCc1ccc(C2CNCCN2C(=O)CNS(=O)(=O)c2cn(C)cn2)cc1.Cl. The number of nitrogens with zero attached hydrogens (tertiary/aromatic N) is 3. The van der Waals surface area contributed by atoms with Crippen LogP contribution in [0.2, 0.25) is 0 Å². The van der Waals surface area contributed by atoms with Gasteiger partial charge in [-0.15, -0.1) is 12.4 Å². The largest absolute Gasteiger partial charge is 0.339 e. The van der Waals surface area contributed by atoms with Gasteiger partial charge in [0.25, 0.3) is 10.0 Å². The molecule has 8 nitrogen and oxygen atoms in total. The molecule has 0 bridgehead atoms. The van der Waals surface area contributed by atoms with Gasteiger partial charge in [0, 0.05) is 32.9 Å². The third kappa shape index (κ3) is 5.11. The van der Waals surface area contributed by atoms with Gasteiger partial charge in [-0.1, -0.05) is 31.2 Å². The molecule has 2 heterocycles. The van der Waals surface area contributed by atoms with E-state index in [1.54, 1.807) is 16.5 Å². The highest BCUT2D eigenvalue weighted by atomic mass is 35.5. The highest BCUT2D eigenvalue weighted by Crippen LogP contribution is 2.23. The fraction of sp³-hybridized carbons (Fsp3) is 0.444. The average Bonchev–Trinajstić information content (AvgIpc) is 3.13. The molecule has 1 aromatic heterocycles. The van der Waals surface area contributed by atoms with Crippen molar-refractivity contribution in [1.82, 2.24) is 24.5 Å². The van der Waals surface area contributed by atoms with Crippen molar-refractivity contribution in [2.45, 2.75) is 24.4 Å². The number of aryl methyl sites for hydroxylation is 2. The van der Waals surface area contributed by atoms with E-state index in [9.17, 15) is 13.2 Å². The van der Waals surface area contributed by atoms with E-state index in [0.717, 1.165) is 12.0 Å². The molecule has 2 aromatic rings. The van der Waals surface area contributed by atoms with Gasteiger partial charge in [0.05, 0.1) is 18.9 Å². The van der Waals surface area contributed by atoms with Crippen LogP contribution in [0.15, 0.2) is 41.8 Å². The van der Waals surface area contributed by atoms with Crippen molar-refractivity contribution in [2.75, 3.05) is 26.2 Å². The van der Waals surface area contributed by atoms with Crippen molar-refractivity contribution >= 4 is 28.3 Å². The Morgan fingerprint density at radius 1 is 1.32 bits per heavy atom. The van der Waals surface area contributed by atoms with Crippen LogP contribution in [-0.4, -0.2) is 55.0 Å². The first kappa shape index (κ1) is 22.4. The van der Waals surface area contributed by atoms with Crippen LogP contribution in [0, 0.1) is 0 Å². The molecular weight excluding hydrogens is 402 g/mol. The molecule has 1 fully saturated rings. The Kier molecular flexibility index (Phi) is 7.59. The molecule has 0 radical (unpaired) electrons. The number of amides is 1. The van der Waals surface area contributed by atoms with Gasteiger partial charge in [0.1, 0.15) is 0 Å². The van der Waals surface area contributed by atoms with Crippen LogP contribution in [0.4, 0.5) is 0 Å². The molecule has 1 aliphatic heterocycles. The van der Waals surface area contributed by atoms with E-state index in [-0.39, 0.29) is 35.9 Å². The van der Waals surface area contributed by atoms with Crippen LogP contribution in [0.5, 0.6) is 0 Å². The smallest absolute Gasteiger partial charge is 0.260 e. The number of rotatable bonds is 6. The molecule has 3 rings (SSSR count). The number of imidazole rings is 1. The molecule has 1 aliphatic rings. The van der Waals surface area contributed by atoms with Crippen LogP contribution in [0.3, 0.4) is 0 Å². The Balaban J connectivity index is 0.00000280. The van der Waals surface area contributed by atoms with Gasteiger partial charge in [-0.3, -0.25) is 4.79 Å². The van der Waals surface area contributed by atoms with Gasteiger partial charge in [0.2, 0.25) is 5.91 Å². The third-order valence-electron chi connectivity index (χ3n) is 4.71. The molecule has 154 valence electrons. The van der Waals surface area contributed by atoms with E-state index in [1.165, 1.54) is 18.1 Å². The summed E-state index contributed by atoms with van der Waals surface area (Å²) in [6.45, 7) is 3.67. The van der Waals surface area contributed by atoms with Crippen LogP contribution >= 0.6 is 12.4 Å². The van der Waals surface area contributed by atoms with Crippen molar-refractivity contribution in [3.05, 3.63) is 47.9 Å². The lowest BCUT2D eigenvalue weighted by Gasteiger charge is -2.36. The number of nitrogens with one attached hydrogen (secondary N) is 2. The van der Waals surface area contributed by atoms with Crippen LogP contribution in [-0.2, 0) is 28.3 Å². The Hall–Kier alpha value is -1.94. The molecule has 1 saturated heterocycles. The summed E-state index contributed by atoms with van der Waals surface area (Å²) in [7, 11) is -2.12. The van der Waals surface area contributed by atoms with Gasteiger partial charge >= 0.3 is 0 Å². The van der Waals surface area contributed by atoms with Gasteiger partial charge in [0.15, 0.2) is 5.03 Å². The molecule has 0 aliphatic carbocycles. The lowest BCUT2D eigenvalue weighted by Crippen LogP contribution is -2.51. The van der Waals surface area contributed by atoms with Crippen molar-refractivity contribution in [3.8, 4) is 0 Å². The maximum atomic E-state index is 12.7. The molecule has 1 aromatic carbocycles. The number of hydrogen-bond acceptors (Lipinski definition) is 5. The number of piperazine rings is 1. The molecule has 1 amide bonds. The van der Waals surface area contributed by atoms with E-state index >= 15 is 0 Å². The molecule has 0 saturated carbocycles. The standard InChI is InChI=1S/C18H25N5O3S.ClH/c1-3-14-4-6-15(7-5-14)16-10-19-8-9-23(16)18(24)11-21-27(25,26)17-12-22(2)13-20-17;/h4-7,12-13,16,19,21H,3,8-11H2,1-2H3;1H. The Morgan fingerprint density at radius 2 is 2.04 bits per heavy atom. The minimum absolute atomic E-state index is 0. The summed E-state index contributed by atoms with van der Waals surface area (Å²) in [6.07, 6.45) is 3.76. The number of hydrogen-bond donors (Lipinski definition) is 2. The van der Waals surface area contributed by atoms with Gasteiger partial charge < -0.3 is 14.8 Å². The normalized spacial score (nSPS) is 17.2. The summed E-state index contributed by atoms with van der Waals surface area (Å²) in [6, 6.07) is 8.09. The Bertz CT molecular complexity index is 898. The minimum Gasteiger partial charge on any atom is -0.339 e. The van der Waals surface area contributed by atoms with Crippen LogP contribution in [0.25, 0.3) is 0 Å². The second kappa shape index (κ2) is 9.51. The highest BCUT2D eigenvalue weighted by Gasteiger charge is 2.29. The second-order valence-corrected chi connectivity index (χ2v) is 8.32. The maximum Gasteiger partial charge on any atom is 0.260 e. The molecule has 28 heavy (non-hydrogen) atoms. The highest BCUT2D eigenvalue weighted by molar-refractivity contribution is 7.89. The van der Waals surface area contributed by atoms with Crippen molar-refractivity contribution in [2.24, 2.45) is 7.05 Å². The Labute approximate surface area is 171 Å². The van der Waals surface area contributed by atoms with E-state index in [4.69, 9.17) is 0 Å². The molecule has 2 N–H and O–H groups in total. The summed E-state index contributed by atoms with van der Waals surface area (Å²) in [5.74, 6) is -0.249. The molecular formula is C18H26ClN5O3S. The zero-order valence-corrected chi connectivity index (χ0v) is 17.6. The predicted molar refractivity (Wildman–Crippen MR) is 109 cm³/mol. The van der Waals surface area contributed by atoms with E-state index in [1.807, 2.05) is 12.1 Å². The number of sulfonamides is 1. The quantitative estimate of drug-likeness (QED) is 0.712. The van der Waals surface area contributed by atoms with Crippen LogP contribution in [0.1, 0.15) is 24.1 Å². The molecule has 1 unspecified atom stereocenters. The fourth-order valence-electron chi connectivity index (χ4n) is 3.14. The first-order valence-electron chi connectivity index (χ1n) is 8.97. The fourth-order valence-corrected chi connectivity index (χ4v) is 4.09. The summed E-state index contributed by atoms with van der Waals surface area (Å²) < 4.78 is 28.5. The van der Waals surface area contributed by atoms with E-state index in [0.29, 0.717) is 19.6 Å². The monoisotopic (exact) mass is 427 g/mol. The topological polar surface area (TPSA) is 96.3 Å². The Morgan fingerprint density at radius 3 is 2.64 bits per heavy atom. The minimum atomic E-state index is -3.81. The van der Waals surface area contributed by atoms with Gasteiger partial charge in [-0.2, -0.15) is 0 Å². The number of halogens is 1. The summed E-state index contributed by atoms with van der Waals surface area (Å²) in [4.78, 5) is 18.3. The number of carbonyl (C=O) groups excluding carboxylic acids is 1. The zero-order chi connectivity index (χ0) is 19.4. The van der Waals surface area contributed by atoms with Crippen molar-refractivity contribution < 1.29 is 13.2 Å². The number of carbonyl (C=O) groups is 1. The molecule has 10 heteroatoms. The summed E-state index contributed by atoms with van der Waals surface area (Å²) in [5.41, 5.74) is 2.28. The lowest BCUT2D eigenvalue weighted by molar-refractivity contribution is -0.133. The lowest BCUT2D eigenvalue weighted by atomic mass is 10.0. The number of aromatic nitrogens is 2. The van der Waals surface area contributed by atoms with Crippen molar-refractivity contribution in [3.63, 3.8) is 0 Å². The van der Waals surface area contributed by atoms with E-state index < -0.39 is 10.0 Å². The summed E-state index contributed by atoms with van der Waals surface area (Å²) >= 11 is 0. The first-order valence-corrected chi connectivity index (χ1v) is 10.5. The van der Waals surface area contributed by atoms with Crippen LogP contribution < -0.4 is 10.0 Å². The average molecular weight is 428 g/mol. The van der Waals surface area contributed by atoms with Gasteiger partial charge in [-0.25, -0.2) is 18.1 Å². The first-order chi connectivity index (χ1) is 12.9.